The number of hydrogen-bond acceptors (Lipinski definition) is 4. The van der Waals surface area contributed by atoms with Gasteiger partial charge in [-0.25, -0.2) is 8.42 Å². The van der Waals surface area contributed by atoms with E-state index in [4.69, 9.17) is 16.3 Å². The summed E-state index contributed by atoms with van der Waals surface area (Å²) < 4.78 is 72.4. The van der Waals surface area contributed by atoms with Crippen molar-refractivity contribution in [3.05, 3.63) is 88.4 Å². The van der Waals surface area contributed by atoms with Gasteiger partial charge >= 0.3 is 6.18 Å². The van der Waals surface area contributed by atoms with Crippen LogP contribution >= 0.6 is 11.6 Å². The fourth-order valence-electron chi connectivity index (χ4n) is 3.49. The molecule has 3 rings (SSSR count). The summed E-state index contributed by atoms with van der Waals surface area (Å²) in [7, 11) is -2.68. The highest BCUT2D eigenvalue weighted by molar-refractivity contribution is 7.89. The van der Waals surface area contributed by atoms with Crippen LogP contribution in [0.25, 0.3) is 0 Å². The van der Waals surface area contributed by atoms with Crippen molar-refractivity contribution in [1.29, 1.82) is 0 Å². The largest absolute Gasteiger partial charge is 0.496 e. The van der Waals surface area contributed by atoms with Gasteiger partial charge in [0.25, 0.3) is 0 Å². The Labute approximate surface area is 212 Å². The maximum atomic E-state index is 13.5. The normalized spacial score (nSPS) is 12.0. The van der Waals surface area contributed by atoms with Gasteiger partial charge in [0.05, 0.1) is 34.8 Å². The number of nitrogens with one attached hydrogen (secondary N) is 1. The molecule has 0 unspecified atom stereocenters. The van der Waals surface area contributed by atoms with Crippen LogP contribution < -0.4 is 10.1 Å². The van der Waals surface area contributed by atoms with Crippen LogP contribution in [0, 0.1) is 6.92 Å². The monoisotopic (exact) mass is 540 g/mol. The summed E-state index contributed by atoms with van der Waals surface area (Å²) in [4.78, 5) is 12.8. The fraction of sp³-hybridized carbons (Fsp3) is 0.240. The number of rotatable bonds is 9. The number of methoxy groups -OCH3 is 1. The SMILES string of the molecule is COc1ccc(S(=O)(=O)N(CCc2ccccc2)CC(=O)Nc2cc(C(F)(F)F)ccc2Cl)cc1C. The molecule has 0 atom stereocenters. The first-order chi connectivity index (χ1) is 16.9. The number of amides is 1. The Morgan fingerprint density at radius 3 is 2.36 bits per heavy atom. The Bertz CT molecular complexity index is 1330. The van der Waals surface area contributed by atoms with E-state index in [1.807, 2.05) is 30.3 Å². The van der Waals surface area contributed by atoms with Gasteiger partial charge in [0.2, 0.25) is 15.9 Å². The van der Waals surface area contributed by atoms with E-state index in [1.54, 1.807) is 6.92 Å². The topological polar surface area (TPSA) is 75.7 Å². The second-order valence-corrected chi connectivity index (χ2v) is 10.3. The second-order valence-electron chi connectivity index (χ2n) is 7.95. The number of ether oxygens (including phenoxy) is 1. The van der Waals surface area contributed by atoms with Crippen LogP contribution in [0.4, 0.5) is 18.9 Å². The van der Waals surface area contributed by atoms with Crippen LogP contribution in [-0.2, 0) is 27.4 Å². The van der Waals surface area contributed by atoms with E-state index in [0.29, 0.717) is 23.8 Å². The maximum absolute atomic E-state index is 13.5. The molecule has 1 N–H and O–H groups in total. The van der Waals surface area contributed by atoms with Gasteiger partial charge in [0.1, 0.15) is 5.75 Å². The van der Waals surface area contributed by atoms with Crippen molar-refractivity contribution in [3.8, 4) is 5.75 Å². The van der Waals surface area contributed by atoms with Gasteiger partial charge in [0, 0.05) is 6.54 Å². The molecule has 3 aromatic carbocycles. The van der Waals surface area contributed by atoms with E-state index in [2.05, 4.69) is 5.32 Å². The number of hydrogen-bond donors (Lipinski definition) is 1. The molecule has 0 aliphatic rings. The number of anilines is 1. The van der Waals surface area contributed by atoms with Crippen molar-refractivity contribution < 1.29 is 31.1 Å². The summed E-state index contributed by atoms with van der Waals surface area (Å²) in [5.74, 6) is -0.334. The average Bonchev–Trinajstić information content (AvgIpc) is 2.82. The zero-order valence-electron chi connectivity index (χ0n) is 19.5. The van der Waals surface area contributed by atoms with Crippen LogP contribution in [0.15, 0.2) is 71.6 Å². The number of aryl methyl sites for hydroxylation is 1. The van der Waals surface area contributed by atoms with Gasteiger partial charge < -0.3 is 10.1 Å². The van der Waals surface area contributed by atoms with E-state index in [9.17, 15) is 26.4 Å². The van der Waals surface area contributed by atoms with Crippen LogP contribution in [0.1, 0.15) is 16.7 Å². The summed E-state index contributed by atoms with van der Waals surface area (Å²) in [6.07, 6.45) is -4.33. The lowest BCUT2D eigenvalue weighted by Crippen LogP contribution is -2.39. The molecule has 0 radical (unpaired) electrons. The highest BCUT2D eigenvalue weighted by Gasteiger charge is 2.32. The maximum Gasteiger partial charge on any atom is 0.416 e. The van der Waals surface area contributed by atoms with Gasteiger partial charge in [0.15, 0.2) is 0 Å². The van der Waals surface area contributed by atoms with Crippen LogP contribution in [0.2, 0.25) is 5.02 Å². The number of alkyl halides is 3. The Hall–Kier alpha value is -3.08. The summed E-state index contributed by atoms with van der Waals surface area (Å²) in [5, 5.41) is 2.20. The van der Waals surface area contributed by atoms with E-state index in [-0.39, 0.29) is 22.2 Å². The lowest BCUT2D eigenvalue weighted by molar-refractivity contribution is -0.137. The number of carbonyl (C=O) groups is 1. The van der Waals surface area contributed by atoms with E-state index in [0.717, 1.165) is 22.0 Å². The molecule has 0 saturated heterocycles. The molecule has 6 nitrogen and oxygen atoms in total. The molecule has 0 bridgehead atoms. The van der Waals surface area contributed by atoms with Crippen molar-refractivity contribution in [1.82, 2.24) is 4.31 Å². The Morgan fingerprint density at radius 2 is 1.75 bits per heavy atom. The van der Waals surface area contributed by atoms with Crippen molar-refractivity contribution in [2.75, 3.05) is 25.5 Å². The van der Waals surface area contributed by atoms with Crippen LogP contribution in [-0.4, -0.2) is 38.8 Å². The van der Waals surface area contributed by atoms with E-state index >= 15 is 0 Å². The van der Waals surface area contributed by atoms with E-state index < -0.39 is 34.2 Å². The number of sulfonamides is 1. The second kappa shape index (κ2) is 11.3. The quantitative estimate of drug-likeness (QED) is 0.386. The molecule has 0 spiro atoms. The molecule has 192 valence electrons. The molecule has 0 aliphatic heterocycles. The lowest BCUT2D eigenvalue weighted by Gasteiger charge is -2.23. The summed E-state index contributed by atoms with van der Waals surface area (Å²) in [6, 6.07) is 15.9. The molecule has 3 aromatic rings. The van der Waals surface area contributed by atoms with Gasteiger partial charge in [-0.3, -0.25) is 4.79 Å². The molecule has 11 heteroatoms. The average molecular weight is 541 g/mol. The first kappa shape index (κ1) is 27.5. The molecule has 0 fully saturated rings. The molecule has 0 aliphatic carbocycles. The minimum Gasteiger partial charge on any atom is -0.496 e. The third-order valence-electron chi connectivity index (χ3n) is 5.38. The van der Waals surface area contributed by atoms with Gasteiger partial charge in [-0.15, -0.1) is 0 Å². The van der Waals surface area contributed by atoms with Crippen molar-refractivity contribution in [2.45, 2.75) is 24.4 Å². The number of benzene rings is 3. The fourth-order valence-corrected chi connectivity index (χ4v) is 5.14. The molecular formula is C25H24ClF3N2O4S. The zero-order chi connectivity index (χ0) is 26.5. The summed E-state index contributed by atoms with van der Waals surface area (Å²) >= 11 is 5.97. The minimum atomic E-state index is -4.64. The standard InChI is InChI=1S/C25H24ClF3N2O4S/c1-17-14-20(9-11-23(17)35-2)36(33,34)31(13-12-18-6-4-3-5-7-18)16-24(32)30-22-15-19(25(27,28)29)8-10-21(22)26/h3-11,14-15H,12-13,16H2,1-2H3,(H,30,32). The van der Waals surface area contributed by atoms with Gasteiger partial charge in [-0.1, -0.05) is 41.9 Å². The molecule has 0 aromatic heterocycles. The van der Waals surface area contributed by atoms with Gasteiger partial charge in [-0.2, -0.15) is 17.5 Å². The summed E-state index contributed by atoms with van der Waals surface area (Å²) in [6.45, 7) is 1.02. The van der Waals surface area contributed by atoms with Crippen molar-refractivity contribution in [3.63, 3.8) is 0 Å². The van der Waals surface area contributed by atoms with Crippen LogP contribution in [0.5, 0.6) is 5.75 Å². The molecular weight excluding hydrogens is 517 g/mol. The van der Waals surface area contributed by atoms with Crippen molar-refractivity contribution >= 4 is 33.2 Å². The highest BCUT2D eigenvalue weighted by Crippen LogP contribution is 2.34. The first-order valence-electron chi connectivity index (χ1n) is 10.8. The van der Waals surface area contributed by atoms with E-state index in [1.165, 1.54) is 25.3 Å². The number of nitrogens with zero attached hydrogens (tertiary/aromatic N) is 1. The smallest absolute Gasteiger partial charge is 0.416 e. The third kappa shape index (κ3) is 6.77. The first-order valence-corrected chi connectivity index (χ1v) is 12.6. The van der Waals surface area contributed by atoms with Gasteiger partial charge in [-0.05, 0) is 60.9 Å². The summed E-state index contributed by atoms with van der Waals surface area (Å²) in [5.41, 5.74) is 0.174. The molecule has 0 heterocycles. The van der Waals surface area contributed by atoms with Crippen molar-refractivity contribution in [2.24, 2.45) is 0 Å². The third-order valence-corrected chi connectivity index (χ3v) is 7.56. The number of halogens is 4. The Balaban J connectivity index is 1.88. The predicted molar refractivity (Wildman–Crippen MR) is 132 cm³/mol. The molecule has 0 saturated carbocycles. The Kier molecular flexibility index (Phi) is 8.65. The van der Waals surface area contributed by atoms with Crippen LogP contribution in [0.3, 0.4) is 0 Å². The Morgan fingerprint density at radius 1 is 1.06 bits per heavy atom. The number of carbonyl (C=O) groups excluding carboxylic acids is 1. The molecule has 1 amide bonds. The minimum absolute atomic E-state index is 0.0405. The zero-order valence-corrected chi connectivity index (χ0v) is 21.0. The molecule has 36 heavy (non-hydrogen) atoms. The lowest BCUT2D eigenvalue weighted by atomic mass is 10.1. The highest BCUT2D eigenvalue weighted by atomic mass is 35.5. The predicted octanol–water partition coefficient (Wildman–Crippen LogP) is 5.55.